The molecule has 0 unspecified atom stereocenters. The van der Waals surface area contributed by atoms with Crippen molar-refractivity contribution in [3.63, 3.8) is 0 Å². The molecule has 1 aliphatic heterocycles. The second-order valence-electron chi connectivity index (χ2n) is 5.87. The molecule has 2 aliphatic rings. The van der Waals surface area contributed by atoms with Gasteiger partial charge >= 0.3 is 0 Å². The van der Waals surface area contributed by atoms with Gasteiger partial charge in [-0.05, 0) is 46.0 Å². The molecule has 0 amide bonds. The van der Waals surface area contributed by atoms with Crippen LogP contribution >= 0.6 is 40.7 Å². The van der Waals surface area contributed by atoms with Crippen molar-refractivity contribution in [3.05, 3.63) is 28.2 Å². The molecular formula is C16H25BrCl2N2O. The molecule has 0 aromatic heterocycles. The average Bonchev–Trinajstić information content (AvgIpc) is 3.30. The molecule has 1 heterocycles. The predicted molar refractivity (Wildman–Crippen MR) is 99.7 cm³/mol. The summed E-state index contributed by atoms with van der Waals surface area (Å²) in [5, 5.41) is 3.45. The smallest absolute Gasteiger partial charge is 0.133 e. The van der Waals surface area contributed by atoms with E-state index >= 15 is 0 Å². The van der Waals surface area contributed by atoms with Crippen LogP contribution in [0, 0.1) is 5.92 Å². The van der Waals surface area contributed by atoms with Crippen LogP contribution in [0.1, 0.15) is 30.9 Å². The zero-order valence-electron chi connectivity index (χ0n) is 12.9. The third-order valence-electron chi connectivity index (χ3n) is 4.41. The lowest BCUT2D eigenvalue weighted by atomic mass is 9.98. The zero-order valence-corrected chi connectivity index (χ0v) is 16.1. The van der Waals surface area contributed by atoms with Crippen molar-refractivity contribution in [1.29, 1.82) is 0 Å². The number of halogens is 3. The van der Waals surface area contributed by atoms with Gasteiger partial charge in [0.1, 0.15) is 5.75 Å². The van der Waals surface area contributed by atoms with Crippen molar-refractivity contribution >= 4 is 40.7 Å². The summed E-state index contributed by atoms with van der Waals surface area (Å²) >= 11 is 3.63. The predicted octanol–water partition coefficient (Wildman–Crippen LogP) is 4.05. The van der Waals surface area contributed by atoms with Crippen LogP contribution in [0.4, 0.5) is 0 Å². The Morgan fingerprint density at radius 3 is 2.50 bits per heavy atom. The number of hydrogen-bond donors (Lipinski definition) is 1. The lowest BCUT2D eigenvalue weighted by Gasteiger charge is -2.35. The van der Waals surface area contributed by atoms with Crippen LogP contribution in [0.25, 0.3) is 0 Å². The molecule has 1 saturated carbocycles. The summed E-state index contributed by atoms with van der Waals surface area (Å²) in [6.45, 7) is 4.53. The third-order valence-corrected chi connectivity index (χ3v) is 5.03. The summed E-state index contributed by atoms with van der Waals surface area (Å²) in [5.74, 6) is 1.86. The van der Waals surface area contributed by atoms with Gasteiger partial charge in [-0.3, -0.25) is 4.90 Å². The molecule has 0 radical (unpaired) electrons. The molecule has 0 bridgehead atoms. The lowest BCUT2D eigenvalue weighted by molar-refractivity contribution is 0.160. The maximum absolute atomic E-state index is 5.35. The SMILES string of the molecule is COc1ccc([C@@H](CC2CC2)N2CCNCC2)cc1Br.Cl.Cl. The van der Waals surface area contributed by atoms with Crippen LogP contribution in [0.3, 0.4) is 0 Å². The molecule has 1 aromatic rings. The Bertz CT molecular complexity index is 465. The normalized spacial score (nSPS) is 19.7. The van der Waals surface area contributed by atoms with Crippen LogP contribution < -0.4 is 10.1 Å². The molecule has 3 rings (SSSR count). The molecule has 0 spiro atoms. The second-order valence-corrected chi connectivity index (χ2v) is 6.73. The highest BCUT2D eigenvalue weighted by Crippen LogP contribution is 2.41. The number of ether oxygens (including phenoxy) is 1. The molecule has 1 atom stereocenters. The minimum absolute atomic E-state index is 0. The summed E-state index contributed by atoms with van der Waals surface area (Å²) in [7, 11) is 1.72. The summed E-state index contributed by atoms with van der Waals surface area (Å²) in [6, 6.07) is 7.13. The number of piperazine rings is 1. The Labute approximate surface area is 154 Å². The highest BCUT2D eigenvalue weighted by atomic mass is 79.9. The van der Waals surface area contributed by atoms with Crippen molar-refractivity contribution in [2.75, 3.05) is 33.3 Å². The van der Waals surface area contributed by atoms with Crippen molar-refractivity contribution in [2.24, 2.45) is 5.92 Å². The van der Waals surface area contributed by atoms with Crippen molar-refractivity contribution in [1.82, 2.24) is 10.2 Å². The standard InChI is InChI=1S/C16H23BrN2O.2ClH/c1-20-16-5-4-13(11-14(16)17)15(10-12-2-3-12)19-8-6-18-7-9-19;;/h4-5,11-12,15,18H,2-3,6-10H2,1H3;2*1H/t15-;;/m1../s1. The van der Waals surface area contributed by atoms with Gasteiger partial charge in [-0.15, -0.1) is 24.8 Å². The number of hydrogen-bond acceptors (Lipinski definition) is 3. The van der Waals surface area contributed by atoms with E-state index in [1.807, 2.05) is 0 Å². The van der Waals surface area contributed by atoms with Gasteiger partial charge in [0.15, 0.2) is 0 Å². The summed E-state index contributed by atoms with van der Waals surface area (Å²) in [6.07, 6.45) is 4.14. The third kappa shape index (κ3) is 5.00. The van der Waals surface area contributed by atoms with E-state index in [4.69, 9.17) is 4.74 Å². The molecule has 1 aromatic carbocycles. The number of nitrogens with zero attached hydrogens (tertiary/aromatic N) is 1. The zero-order chi connectivity index (χ0) is 13.9. The Hall–Kier alpha value is -0.000000000000000111. The molecule has 126 valence electrons. The van der Waals surface area contributed by atoms with Crippen LogP contribution in [0.15, 0.2) is 22.7 Å². The van der Waals surface area contributed by atoms with Gasteiger partial charge in [-0.25, -0.2) is 0 Å². The maximum atomic E-state index is 5.35. The molecular weight excluding hydrogens is 387 g/mol. The molecule has 2 fully saturated rings. The van der Waals surface area contributed by atoms with E-state index in [-0.39, 0.29) is 24.8 Å². The van der Waals surface area contributed by atoms with E-state index in [1.54, 1.807) is 7.11 Å². The van der Waals surface area contributed by atoms with Crippen molar-refractivity contribution in [3.8, 4) is 5.75 Å². The summed E-state index contributed by atoms with van der Waals surface area (Å²) in [5.41, 5.74) is 1.42. The van der Waals surface area contributed by atoms with Gasteiger partial charge in [0, 0.05) is 32.2 Å². The fraction of sp³-hybridized carbons (Fsp3) is 0.625. The highest BCUT2D eigenvalue weighted by molar-refractivity contribution is 9.10. The Kier molecular flexibility index (Phi) is 8.50. The van der Waals surface area contributed by atoms with Crippen LogP contribution in [-0.4, -0.2) is 38.2 Å². The lowest BCUT2D eigenvalue weighted by Crippen LogP contribution is -2.45. The number of nitrogens with one attached hydrogen (secondary N) is 1. The minimum atomic E-state index is 0. The monoisotopic (exact) mass is 410 g/mol. The Balaban J connectivity index is 0.00000121. The maximum Gasteiger partial charge on any atom is 0.133 e. The topological polar surface area (TPSA) is 24.5 Å². The van der Waals surface area contributed by atoms with Crippen LogP contribution in [0.2, 0.25) is 0 Å². The number of methoxy groups -OCH3 is 1. The first kappa shape index (κ1) is 20.0. The second kappa shape index (κ2) is 9.33. The summed E-state index contributed by atoms with van der Waals surface area (Å²) in [4.78, 5) is 2.64. The van der Waals surface area contributed by atoms with Crippen molar-refractivity contribution < 1.29 is 4.74 Å². The molecule has 1 N–H and O–H groups in total. The molecule has 1 aliphatic carbocycles. The average molecular weight is 412 g/mol. The first-order chi connectivity index (χ1) is 9.78. The van der Waals surface area contributed by atoms with E-state index in [1.165, 1.54) is 24.8 Å². The first-order valence-corrected chi connectivity index (χ1v) is 8.35. The van der Waals surface area contributed by atoms with Gasteiger partial charge in [0.25, 0.3) is 0 Å². The molecule has 6 heteroatoms. The van der Waals surface area contributed by atoms with E-state index in [9.17, 15) is 0 Å². The van der Waals surface area contributed by atoms with Gasteiger partial charge in [0.05, 0.1) is 11.6 Å². The molecule has 22 heavy (non-hydrogen) atoms. The number of rotatable bonds is 5. The van der Waals surface area contributed by atoms with E-state index in [2.05, 4.69) is 44.3 Å². The fourth-order valence-corrected chi connectivity index (χ4v) is 3.61. The van der Waals surface area contributed by atoms with Crippen LogP contribution in [0.5, 0.6) is 5.75 Å². The first-order valence-electron chi connectivity index (χ1n) is 7.56. The largest absolute Gasteiger partial charge is 0.496 e. The van der Waals surface area contributed by atoms with Gasteiger partial charge in [-0.2, -0.15) is 0 Å². The van der Waals surface area contributed by atoms with E-state index < -0.39 is 0 Å². The van der Waals surface area contributed by atoms with Gasteiger partial charge < -0.3 is 10.1 Å². The quantitative estimate of drug-likeness (QED) is 0.790. The van der Waals surface area contributed by atoms with Crippen LogP contribution in [-0.2, 0) is 0 Å². The Morgan fingerprint density at radius 1 is 1.27 bits per heavy atom. The fourth-order valence-electron chi connectivity index (χ4n) is 3.05. The van der Waals surface area contributed by atoms with E-state index in [0.29, 0.717) is 6.04 Å². The Morgan fingerprint density at radius 2 is 1.95 bits per heavy atom. The van der Waals surface area contributed by atoms with Gasteiger partial charge in [0.2, 0.25) is 0 Å². The van der Waals surface area contributed by atoms with Gasteiger partial charge in [-0.1, -0.05) is 18.9 Å². The van der Waals surface area contributed by atoms with Crippen molar-refractivity contribution in [2.45, 2.75) is 25.3 Å². The number of benzene rings is 1. The van der Waals surface area contributed by atoms with E-state index in [0.717, 1.165) is 42.3 Å². The minimum Gasteiger partial charge on any atom is -0.496 e. The highest BCUT2D eigenvalue weighted by Gasteiger charge is 2.30. The molecule has 3 nitrogen and oxygen atoms in total. The molecule has 1 saturated heterocycles. The summed E-state index contributed by atoms with van der Waals surface area (Å²) < 4.78 is 6.41.